The van der Waals surface area contributed by atoms with Gasteiger partial charge >= 0.3 is 6.18 Å². The van der Waals surface area contributed by atoms with Crippen molar-refractivity contribution in [1.29, 1.82) is 0 Å². The zero-order valence-corrected chi connectivity index (χ0v) is 10.2. The molecule has 0 aromatic carbocycles. The predicted molar refractivity (Wildman–Crippen MR) is 56.1 cm³/mol. The van der Waals surface area contributed by atoms with Gasteiger partial charge in [0.25, 0.3) is 0 Å². The minimum absolute atomic E-state index is 0.0149. The summed E-state index contributed by atoms with van der Waals surface area (Å²) in [5.74, 6) is 0.0149. The molecule has 1 unspecified atom stereocenters. The van der Waals surface area contributed by atoms with Gasteiger partial charge in [0.1, 0.15) is 0 Å². The maximum Gasteiger partial charge on any atom is 0.435 e. The summed E-state index contributed by atoms with van der Waals surface area (Å²) in [4.78, 5) is 0. The van der Waals surface area contributed by atoms with Crippen LogP contribution in [0, 0.1) is 5.41 Å². The van der Waals surface area contributed by atoms with Crippen molar-refractivity contribution in [3.05, 3.63) is 17.5 Å². The third-order valence-corrected chi connectivity index (χ3v) is 2.95. The van der Waals surface area contributed by atoms with Gasteiger partial charge in [-0.25, -0.2) is 0 Å². The number of rotatable bonds is 1. The van der Waals surface area contributed by atoms with Crippen LogP contribution in [-0.2, 0) is 13.2 Å². The molecule has 16 heavy (non-hydrogen) atoms. The molecular weight excluding hydrogens is 217 g/mol. The Balaban J connectivity index is 3.13. The van der Waals surface area contributed by atoms with E-state index >= 15 is 0 Å². The van der Waals surface area contributed by atoms with Gasteiger partial charge in [0.05, 0.1) is 0 Å². The van der Waals surface area contributed by atoms with Crippen molar-refractivity contribution in [2.45, 2.75) is 39.8 Å². The third kappa shape index (κ3) is 2.57. The van der Waals surface area contributed by atoms with Crippen LogP contribution in [0.4, 0.5) is 13.2 Å². The molecule has 92 valence electrons. The van der Waals surface area contributed by atoms with Crippen LogP contribution in [0.15, 0.2) is 6.07 Å². The van der Waals surface area contributed by atoms with Crippen molar-refractivity contribution in [2.75, 3.05) is 0 Å². The lowest BCUT2D eigenvalue weighted by molar-refractivity contribution is -0.141. The molecule has 0 aliphatic carbocycles. The molecule has 0 amide bonds. The second-order valence-electron chi connectivity index (χ2n) is 5.16. The number of halogens is 3. The summed E-state index contributed by atoms with van der Waals surface area (Å²) in [5.41, 5.74) is -0.294. The highest BCUT2D eigenvalue weighted by atomic mass is 19.4. The van der Waals surface area contributed by atoms with Crippen molar-refractivity contribution in [3.8, 4) is 0 Å². The minimum atomic E-state index is -4.37. The Hall–Kier alpha value is -1.00. The van der Waals surface area contributed by atoms with Crippen LogP contribution in [-0.4, -0.2) is 9.78 Å². The first-order valence-corrected chi connectivity index (χ1v) is 5.14. The molecule has 0 aliphatic rings. The van der Waals surface area contributed by atoms with Gasteiger partial charge in [0.2, 0.25) is 0 Å². The van der Waals surface area contributed by atoms with Gasteiger partial charge in [-0.15, -0.1) is 0 Å². The number of aromatic nitrogens is 2. The van der Waals surface area contributed by atoms with E-state index in [0.29, 0.717) is 5.69 Å². The average Bonchev–Trinajstić information content (AvgIpc) is 2.43. The molecule has 1 atom stereocenters. The highest BCUT2D eigenvalue weighted by Gasteiger charge is 2.36. The number of alkyl halides is 3. The van der Waals surface area contributed by atoms with Crippen LogP contribution in [0.2, 0.25) is 0 Å². The number of hydrogen-bond donors (Lipinski definition) is 0. The van der Waals surface area contributed by atoms with Gasteiger partial charge in [-0.2, -0.15) is 18.3 Å². The van der Waals surface area contributed by atoms with Gasteiger partial charge in [-0.3, -0.25) is 4.68 Å². The summed E-state index contributed by atoms with van der Waals surface area (Å²) < 4.78 is 38.7. The minimum Gasteiger partial charge on any atom is -0.272 e. The molecule has 1 aromatic heterocycles. The maximum absolute atomic E-state index is 12.5. The second kappa shape index (κ2) is 3.79. The van der Waals surface area contributed by atoms with E-state index in [1.54, 1.807) is 7.05 Å². The van der Waals surface area contributed by atoms with Crippen LogP contribution >= 0.6 is 0 Å². The van der Waals surface area contributed by atoms with Crippen LogP contribution < -0.4 is 0 Å². The fourth-order valence-corrected chi connectivity index (χ4v) is 1.47. The van der Waals surface area contributed by atoms with Crippen molar-refractivity contribution in [3.63, 3.8) is 0 Å². The van der Waals surface area contributed by atoms with Crippen LogP contribution in [0.3, 0.4) is 0 Å². The van der Waals surface area contributed by atoms with Crippen LogP contribution in [0.1, 0.15) is 45.0 Å². The predicted octanol–water partition coefficient (Wildman–Crippen LogP) is 3.59. The Labute approximate surface area is 93.5 Å². The Bertz CT molecular complexity index is 372. The summed E-state index contributed by atoms with van der Waals surface area (Å²) in [6, 6.07) is 1.13. The van der Waals surface area contributed by atoms with E-state index in [1.165, 1.54) is 4.68 Å². The Kier molecular flexibility index (Phi) is 3.09. The SMILES string of the molecule is CC(c1cc(C(F)(F)F)nn1C)C(C)(C)C. The molecule has 0 aliphatic heterocycles. The van der Waals surface area contributed by atoms with Gasteiger partial charge < -0.3 is 0 Å². The van der Waals surface area contributed by atoms with E-state index in [2.05, 4.69) is 5.10 Å². The second-order valence-corrected chi connectivity index (χ2v) is 5.16. The first-order chi connectivity index (χ1) is 7.03. The molecule has 1 aromatic rings. The molecule has 0 spiro atoms. The lowest BCUT2D eigenvalue weighted by Crippen LogP contribution is -2.18. The highest BCUT2D eigenvalue weighted by molar-refractivity contribution is 5.18. The van der Waals surface area contributed by atoms with E-state index in [0.717, 1.165) is 6.07 Å². The maximum atomic E-state index is 12.5. The molecule has 5 heteroatoms. The average molecular weight is 234 g/mol. The highest BCUT2D eigenvalue weighted by Crippen LogP contribution is 2.37. The third-order valence-electron chi connectivity index (χ3n) is 2.95. The largest absolute Gasteiger partial charge is 0.435 e. The standard InChI is InChI=1S/C11H17F3N2/c1-7(10(2,3)4)8-6-9(11(12,13)14)15-16(8)5/h6-7H,1-5H3. The lowest BCUT2D eigenvalue weighted by Gasteiger charge is -2.27. The van der Waals surface area contributed by atoms with Gasteiger partial charge in [0, 0.05) is 18.7 Å². The fourth-order valence-electron chi connectivity index (χ4n) is 1.47. The molecule has 1 heterocycles. The zero-order valence-electron chi connectivity index (χ0n) is 10.2. The summed E-state index contributed by atoms with van der Waals surface area (Å²) >= 11 is 0. The molecular formula is C11H17F3N2. The van der Waals surface area contributed by atoms with Gasteiger partial charge in [-0.1, -0.05) is 27.7 Å². The normalized spacial score (nSPS) is 15.2. The number of nitrogens with zero attached hydrogens (tertiary/aromatic N) is 2. The number of aryl methyl sites for hydroxylation is 1. The van der Waals surface area contributed by atoms with Gasteiger partial charge in [-0.05, 0) is 11.5 Å². The van der Waals surface area contributed by atoms with Crippen molar-refractivity contribution < 1.29 is 13.2 Å². The Morgan fingerprint density at radius 1 is 1.25 bits per heavy atom. The number of hydrogen-bond acceptors (Lipinski definition) is 1. The Morgan fingerprint density at radius 3 is 2.06 bits per heavy atom. The fraction of sp³-hybridized carbons (Fsp3) is 0.727. The van der Waals surface area contributed by atoms with E-state index in [4.69, 9.17) is 0 Å². The quantitative estimate of drug-likeness (QED) is 0.726. The lowest BCUT2D eigenvalue weighted by atomic mass is 9.80. The van der Waals surface area contributed by atoms with E-state index in [-0.39, 0.29) is 11.3 Å². The first kappa shape index (κ1) is 13.1. The van der Waals surface area contributed by atoms with E-state index < -0.39 is 11.9 Å². The Morgan fingerprint density at radius 2 is 1.75 bits per heavy atom. The van der Waals surface area contributed by atoms with Crippen molar-refractivity contribution in [1.82, 2.24) is 9.78 Å². The van der Waals surface area contributed by atoms with Gasteiger partial charge in [0.15, 0.2) is 5.69 Å². The van der Waals surface area contributed by atoms with Crippen molar-refractivity contribution >= 4 is 0 Å². The summed E-state index contributed by atoms with van der Waals surface area (Å²) in [6.45, 7) is 7.91. The molecule has 0 N–H and O–H groups in total. The molecule has 2 nitrogen and oxygen atoms in total. The molecule has 0 saturated heterocycles. The topological polar surface area (TPSA) is 17.8 Å². The molecule has 0 fully saturated rings. The molecule has 0 bridgehead atoms. The van der Waals surface area contributed by atoms with E-state index in [1.807, 2.05) is 27.7 Å². The summed E-state index contributed by atoms with van der Waals surface area (Å²) in [5, 5.41) is 3.51. The smallest absolute Gasteiger partial charge is 0.272 e. The van der Waals surface area contributed by atoms with Crippen LogP contribution in [0.25, 0.3) is 0 Å². The molecule has 0 radical (unpaired) electrons. The molecule has 1 rings (SSSR count). The molecule has 0 saturated carbocycles. The summed E-state index contributed by atoms with van der Waals surface area (Å²) in [6.07, 6.45) is -4.37. The van der Waals surface area contributed by atoms with Crippen molar-refractivity contribution in [2.24, 2.45) is 12.5 Å². The van der Waals surface area contributed by atoms with E-state index in [9.17, 15) is 13.2 Å². The van der Waals surface area contributed by atoms with Crippen LogP contribution in [0.5, 0.6) is 0 Å². The summed E-state index contributed by atoms with van der Waals surface area (Å²) in [7, 11) is 1.55. The zero-order chi connectivity index (χ0) is 12.7. The first-order valence-electron chi connectivity index (χ1n) is 5.14. The monoisotopic (exact) mass is 234 g/mol.